The number of carboxylic acid groups (broad SMARTS) is 1. The average molecular weight is 234 g/mol. The molecule has 4 heteroatoms. The summed E-state index contributed by atoms with van der Waals surface area (Å²) < 4.78 is 0. The molecule has 0 amide bonds. The summed E-state index contributed by atoms with van der Waals surface area (Å²) in [5.41, 5.74) is 8.21. The lowest BCUT2D eigenvalue weighted by molar-refractivity contribution is -0.138. The fourth-order valence-corrected chi connectivity index (χ4v) is 1.52. The van der Waals surface area contributed by atoms with Crippen LogP contribution in [0.4, 0.5) is 0 Å². The molecule has 0 bridgehead atoms. The number of nitrogens with one attached hydrogen (secondary N) is 1. The number of carbonyl (C=O) groups is 1. The van der Waals surface area contributed by atoms with Crippen LogP contribution in [0.25, 0.3) is 0 Å². The highest BCUT2D eigenvalue weighted by molar-refractivity contribution is 5.78. The van der Waals surface area contributed by atoms with Crippen molar-refractivity contribution in [2.24, 2.45) is 5.73 Å². The number of hydrogen-bond donors (Lipinski definition) is 3. The summed E-state index contributed by atoms with van der Waals surface area (Å²) in [6.45, 7) is 1.79. The summed E-state index contributed by atoms with van der Waals surface area (Å²) in [7, 11) is 0. The molecule has 4 nitrogen and oxygen atoms in total. The van der Waals surface area contributed by atoms with Gasteiger partial charge in [0.2, 0.25) is 0 Å². The highest BCUT2D eigenvalue weighted by Gasteiger charge is 2.11. The van der Waals surface area contributed by atoms with Gasteiger partial charge in [-0.1, -0.05) is 24.3 Å². The van der Waals surface area contributed by atoms with Gasteiger partial charge in [-0.15, -0.1) is 0 Å². The minimum absolute atomic E-state index is 0.346. The van der Waals surface area contributed by atoms with E-state index >= 15 is 0 Å². The third-order valence-electron chi connectivity index (χ3n) is 2.58. The van der Waals surface area contributed by atoms with E-state index in [-0.39, 0.29) is 0 Å². The maximum atomic E-state index is 10.6. The smallest absolute Gasteiger partial charge is 0.320 e. The van der Waals surface area contributed by atoms with Gasteiger partial charge in [-0.2, -0.15) is 0 Å². The Bertz CT molecular complexity index is 398. The molecule has 0 spiro atoms. The molecule has 0 saturated carbocycles. The van der Waals surface area contributed by atoms with Gasteiger partial charge in [-0.3, -0.25) is 4.79 Å². The van der Waals surface area contributed by atoms with Crippen molar-refractivity contribution >= 4 is 11.7 Å². The second-order valence-electron chi connectivity index (χ2n) is 4.25. The zero-order valence-electron chi connectivity index (χ0n) is 9.94. The van der Waals surface area contributed by atoms with Gasteiger partial charge in [0.1, 0.15) is 6.04 Å². The second-order valence-corrected chi connectivity index (χ2v) is 4.25. The Labute approximate surface area is 101 Å². The number of nitrogens with two attached hydrogens (primary N) is 1. The van der Waals surface area contributed by atoms with Crippen LogP contribution in [0.5, 0.6) is 0 Å². The van der Waals surface area contributed by atoms with E-state index in [0.717, 1.165) is 24.0 Å². The lowest BCUT2D eigenvalue weighted by Crippen LogP contribution is -2.32. The number of rotatable bonds is 6. The maximum Gasteiger partial charge on any atom is 0.320 e. The molecule has 1 unspecified atom stereocenters. The predicted molar refractivity (Wildman–Crippen MR) is 67.5 cm³/mol. The van der Waals surface area contributed by atoms with E-state index in [1.807, 2.05) is 24.3 Å². The van der Waals surface area contributed by atoms with Crippen molar-refractivity contribution in [2.45, 2.75) is 32.2 Å². The van der Waals surface area contributed by atoms with E-state index in [9.17, 15) is 4.79 Å². The van der Waals surface area contributed by atoms with Crippen molar-refractivity contribution in [3.63, 3.8) is 0 Å². The van der Waals surface area contributed by atoms with Crippen molar-refractivity contribution in [1.29, 1.82) is 5.41 Å². The van der Waals surface area contributed by atoms with Gasteiger partial charge in [-0.25, -0.2) is 0 Å². The number of aryl methyl sites for hydroxylation is 1. The molecular formula is C13H18N2O2. The van der Waals surface area contributed by atoms with Crippen molar-refractivity contribution < 1.29 is 9.90 Å². The van der Waals surface area contributed by atoms with Crippen LogP contribution in [0.1, 0.15) is 24.5 Å². The van der Waals surface area contributed by atoms with E-state index in [1.165, 1.54) is 0 Å². The Hall–Kier alpha value is -1.68. The maximum absolute atomic E-state index is 10.6. The number of carboxylic acids is 1. The molecule has 4 N–H and O–H groups in total. The Morgan fingerprint density at radius 3 is 2.35 bits per heavy atom. The second kappa shape index (κ2) is 6.15. The first-order valence-electron chi connectivity index (χ1n) is 5.59. The molecule has 0 heterocycles. The van der Waals surface area contributed by atoms with Gasteiger partial charge < -0.3 is 16.2 Å². The fraction of sp³-hybridized carbons (Fsp3) is 0.385. The van der Waals surface area contributed by atoms with Crippen LogP contribution in [-0.2, 0) is 17.6 Å². The third kappa shape index (κ3) is 4.78. The molecule has 92 valence electrons. The van der Waals surface area contributed by atoms with E-state index in [4.69, 9.17) is 16.2 Å². The van der Waals surface area contributed by atoms with E-state index in [2.05, 4.69) is 0 Å². The largest absolute Gasteiger partial charge is 0.480 e. The normalized spacial score (nSPS) is 12.1. The Balaban J connectivity index is 2.55. The zero-order valence-corrected chi connectivity index (χ0v) is 9.94. The summed E-state index contributed by atoms with van der Waals surface area (Å²) in [5, 5.41) is 16.0. The average Bonchev–Trinajstić information content (AvgIpc) is 2.28. The summed E-state index contributed by atoms with van der Waals surface area (Å²) in [5.74, 6) is -0.978. The molecule has 1 aromatic carbocycles. The van der Waals surface area contributed by atoms with Gasteiger partial charge in [0, 0.05) is 5.71 Å². The monoisotopic (exact) mass is 234 g/mol. The molecule has 1 rings (SSSR count). The van der Waals surface area contributed by atoms with E-state index in [0.29, 0.717) is 12.1 Å². The summed E-state index contributed by atoms with van der Waals surface area (Å²) >= 11 is 0. The first-order valence-corrected chi connectivity index (χ1v) is 5.59. The molecular weight excluding hydrogens is 216 g/mol. The van der Waals surface area contributed by atoms with Gasteiger partial charge >= 0.3 is 5.97 Å². The Morgan fingerprint density at radius 1 is 1.35 bits per heavy atom. The number of aliphatic carboxylic acids is 1. The number of benzene rings is 1. The molecule has 0 fully saturated rings. The lowest BCUT2D eigenvalue weighted by Gasteiger charge is -2.07. The van der Waals surface area contributed by atoms with Gasteiger partial charge in [-0.05, 0) is 37.3 Å². The zero-order chi connectivity index (χ0) is 12.8. The van der Waals surface area contributed by atoms with Crippen molar-refractivity contribution in [2.75, 3.05) is 0 Å². The minimum Gasteiger partial charge on any atom is -0.480 e. The third-order valence-corrected chi connectivity index (χ3v) is 2.58. The van der Waals surface area contributed by atoms with Crippen molar-refractivity contribution in [3.8, 4) is 0 Å². The van der Waals surface area contributed by atoms with Crippen LogP contribution in [0.2, 0.25) is 0 Å². The van der Waals surface area contributed by atoms with Gasteiger partial charge in [0.05, 0.1) is 0 Å². The topological polar surface area (TPSA) is 87.2 Å². The first-order chi connectivity index (χ1) is 7.99. The summed E-state index contributed by atoms with van der Waals surface area (Å²) in [6.07, 6.45) is 1.95. The number of hydrogen-bond acceptors (Lipinski definition) is 3. The molecule has 1 aromatic rings. The molecule has 0 aliphatic carbocycles. The highest BCUT2D eigenvalue weighted by atomic mass is 16.4. The fourth-order valence-electron chi connectivity index (χ4n) is 1.52. The van der Waals surface area contributed by atoms with Crippen molar-refractivity contribution in [1.82, 2.24) is 0 Å². The lowest BCUT2D eigenvalue weighted by atomic mass is 10.0. The van der Waals surface area contributed by atoms with Gasteiger partial charge in [0.15, 0.2) is 0 Å². The highest BCUT2D eigenvalue weighted by Crippen LogP contribution is 2.08. The minimum atomic E-state index is -0.978. The molecule has 0 aliphatic heterocycles. The summed E-state index contributed by atoms with van der Waals surface area (Å²) in [6, 6.07) is 6.89. The van der Waals surface area contributed by atoms with Crippen LogP contribution in [0.15, 0.2) is 24.3 Å². The predicted octanol–water partition coefficient (Wildman–Crippen LogP) is 1.61. The Kier molecular flexibility index (Phi) is 4.84. The van der Waals surface area contributed by atoms with Crippen molar-refractivity contribution in [3.05, 3.63) is 35.4 Å². The molecule has 17 heavy (non-hydrogen) atoms. The van der Waals surface area contributed by atoms with E-state index in [1.54, 1.807) is 6.92 Å². The quantitative estimate of drug-likeness (QED) is 0.653. The van der Waals surface area contributed by atoms with Gasteiger partial charge in [0.25, 0.3) is 0 Å². The van der Waals surface area contributed by atoms with Crippen LogP contribution >= 0.6 is 0 Å². The first kappa shape index (κ1) is 13.4. The molecule has 1 atom stereocenters. The molecule has 0 aliphatic rings. The van der Waals surface area contributed by atoms with Crippen LogP contribution in [0.3, 0.4) is 0 Å². The summed E-state index contributed by atoms with van der Waals surface area (Å²) in [4.78, 5) is 10.6. The standard InChI is InChI=1S/C13H18N2O2/c1-9(14)2-3-10-4-6-11(7-5-10)8-12(15)13(16)17/h4-7,12,14H,2-3,8,15H2,1H3,(H,16,17). The van der Waals surface area contributed by atoms with E-state index < -0.39 is 12.0 Å². The SMILES string of the molecule is CC(=N)CCc1ccc(CC(N)C(=O)O)cc1. The van der Waals surface area contributed by atoms with Crippen LogP contribution in [-0.4, -0.2) is 22.8 Å². The Morgan fingerprint density at radius 2 is 1.88 bits per heavy atom. The van der Waals surface area contributed by atoms with Crippen LogP contribution in [0, 0.1) is 5.41 Å². The molecule has 0 saturated heterocycles. The molecule has 0 aromatic heterocycles. The molecule has 0 radical (unpaired) electrons. The van der Waals surface area contributed by atoms with Crippen LogP contribution < -0.4 is 5.73 Å².